The third-order valence-corrected chi connectivity index (χ3v) is 4.20. The van der Waals surface area contributed by atoms with Crippen LogP contribution in [0.15, 0.2) is 0 Å². The van der Waals surface area contributed by atoms with E-state index in [4.69, 9.17) is 0 Å². The van der Waals surface area contributed by atoms with E-state index < -0.39 is 0 Å². The number of hydrogen-bond acceptors (Lipinski definition) is 3. The molecule has 0 aromatic rings. The number of rotatable bonds is 4. The zero-order chi connectivity index (χ0) is 11.9. The first kappa shape index (κ1) is 13.3. The summed E-state index contributed by atoms with van der Waals surface area (Å²) in [6.07, 6.45) is 5.43. The van der Waals surface area contributed by atoms with Gasteiger partial charge in [-0.3, -0.25) is 0 Å². The molecule has 3 heteroatoms. The van der Waals surface area contributed by atoms with Crippen molar-refractivity contribution in [3.05, 3.63) is 0 Å². The Balaban J connectivity index is 1.70. The summed E-state index contributed by atoms with van der Waals surface area (Å²) in [5.74, 6) is 0.953. The van der Waals surface area contributed by atoms with Crippen LogP contribution in [0.4, 0.5) is 0 Å². The molecule has 0 bridgehead atoms. The van der Waals surface area contributed by atoms with Crippen LogP contribution in [0, 0.1) is 5.92 Å². The highest BCUT2D eigenvalue weighted by molar-refractivity contribution is 4.75. The zero-order valence-corrected chi connectivity index (χ0v) is 11.5. The van der Waals surface area contributed by atoms with Crippen molar-refractivity contribution in [1.82, 2.24) is 15.1 Å². The van der Waals surface area contributed by atoms with Crippen LogP contribution in [0.3, 0.4) is 0 Å². The third-order valence-electron chi connectivity index (χ3n) is 4.20. The molecule has 0 unspecified atom stereocenters. The first-order valence-electron chi connectivity index (χ1n) is 7.54. The molecular formula is C14H29N3. The average molecular weight is 239 g/mol. The summed E-state index contributed by atoms with van der Waals surface area (Å²) < 4.78 is 0. The molecule has 100 valence electrons. The number of nitrogens with one attached hydrogen (secondary N) is 1. The Labute approximate surface area is 107 Å². The number of hydrogen-bond donors (Lipinski definition) is 1. The molecule has 0 saturated carbocycles. The van der Waals surface area contributed by atoms with Gasteiger partial charge in [0.1, 0.15) is 0 Å². The van der Waals surface area contributed by atoms with E-state index in [2.05, 4.69) is 22.0 Å². The zero-order valence-electron chi connectivity index (χ0n) is 11.5. The Morgan fingerprint density at radius 1 is 1.00 bits per heavy atom. The lowest BCUT2D eigenvalue weighted by Gasteiger charge is -2.29. The van der Waals surface area contributed by atoms with Crippen LogP contribution in [0.5, 0.6) is 0 Å². The Bertz CT molecular complexity index is 202. The fourth-order valence-electron chi connectivity index (χ4n) is 3.18. The van der Waals surface area contributed by atoms with E-state index in [-0.39, 0.29) is 0 Å². The van der Waals surface area contributed by atoms with Crippen LogP contribution in [0.1, 0.15) is 32.6 Å². The van der Waals surface area contributed by atoms with Crippen molar-refractivity contribution in [1.29, 1.82) is 0 Å². The lowest BCUT2D eigenvalue weighted by Crippen LogP contribution is -2.38. The molecule has 0 spiro atoms. The molecule has 2 aliphatic rings. The van der Waals surface area contributed by atoms with Crippen LogP contribution in [-0.4, -0.2) is 62.2 Å². The van der Waals surface area contributed by atoms with E-state index in [0.29, 0.717) is 0 Å². The lowest BCUT2D eigenvalue weighted by atomic mass is 9.97. The first-order chi connectivity index (χ1) is 8.38. The van der Waals surface area contributed by atoms with Gasteiger partial charge in [0, 0.05) is 19.6 Å². The second kappa shape index (κ2) is 7.34. The van der Waals surface area contributed by atoms with Crippen molar-refractivity contribution in [2.75, 3.05) is 52.4 Å². The summed E-state index contributed by atoms with van der Waals surface area (Å²) in [7, 11) is 0. The molecule has 2 heterocycles. The summed E-state index contributed by atoms with van der Waals surface area (Å²) in [5.41, 5.74) is 0. The van der Waals surface area contributed by atoms with E-state index in [0.717, 1.165) is 5.92 Å². The molecule has 0 amide bonds. The first-order valence-corrected chi connectivity index (χ1v) is 7.54. The SMILES string of the molecule is CCCN1CCCN(CC2CCNCC2)CC1. The van der Waals surface area contributed by atoms with Gasteiger partial charge in [-0.05, 0) is 64.3 Å². The molecule has 2 aliphatic heterocycles. The maximum absolute atomic E-state index is 3.46. The molecule has 0 aromatic carbocycles. The highest BCUT2D eigenvalue weighted by atomic mass is 15.2. The van der Waals surface area contributed by atoms with Gasteiger partial charge in [0.05, 0.1) is 0 Å². The largest absolute Gasteiger partial charge is 0.317 e. The summed E-state index contributed by atoms with van der Waals surface area (Å²) in [6.45, 7) is 12.6. The van der Waals surface area contributed by atoms with E-state index in [1.807, 2.05) is 0 Å². The standard InChI is InChI=1S/C14H29N3/c1-2-8-16-9-3-10-17(12-11-16)13-14-4-6-15-7-5-14/h14-15H,2-13H2,1H3. The van der Waals surface area contributed by atoms with Gasteiger partial charge in [-0.25, -0.2) is 0 Å². The predicted molar refractivity (Wildman–Crippen MR) is 73.4 cm³/mol. The smallest absolute Gasteiger partial charge is 0.0109 e. The van der Waals surface area contributed by atoms with Gasteiger partial charge < -0.3 is 15.1 Å². The molecule has 3 nitrogen and oxygen atoms in total. The predicted octanol–water partition coefficient (Wildman–Crippen LogP) is 1.40. The summed E-state index contributed by atoms with van der Waals surface area (Å²) >= 11 is 0. The van der Waals surface area contributed by atoms with Gasteiger partial charge in [-0.1, -0.05) is 6.92 Å². The normalized spacial score (nSPS) is 25.9. The molecule has 2 fully saturated rings. The van der Waals surface area contributed by atoms with E-state index >= 15 is 0 Å². The van der Waals surface area contributed by atoms with E-state index in [1.54, 1.807) is 0 Å². The summed E-state index contributed by atoms with van der Waals surface area (Å²) in [5, 5.41) is 3.46. The lowest BCUT2D eigenvalue weighted by molar-refractivity contribution is 0.206. The third kappa shape index (κ3) is 4.57. The highest BCUT2D eigenvalue weighted by Gasteiger charge is 2.19. The Morgan fingerprint density at radius 2 is 1.71 bits per heavy atom. The molecule has 1 N–H and O–H groups in total. The van der Waals surface area contributed by atoms with E-state index in [9.17, 15) is 0 Å². The van der Waals surface area contributed by atoms with Crippen molar-refractivity contribution >= 4 is 0 Å². The molecular weight excluding hydrogens is 210 g/mol. The van der Waals surface area contributed by atoms with Crippen molar-refractivity contribution in [2.24, 2.45) is 5.92 Å². The molecule has 0 radical (unpaired) electrons. The maximum atomic E-state index is 3.46. The minimum absolute atomic E-state index is 0.953. The van der Waals surface area contributed by atoms with Crippen molar-refractivity contribution < 1.29 is 0 Å². The Kier molecular flexibility index (Phi) is 5.75. The molecule has 17 heavy (non-hydrogen) atoms. The second-order valence-electron chi connectivity index (χ2n) is 5.69. The van der Waals surface area contributed by atoms with Gasteiger partial charge in [0.25, 0.3) is 0 Å². The minimum Gasteiger partial charge on any atom is -0.317 e. The van der Waals surface area contributed by atoms with E-state index in [1.165, 1.54) is 78.0 Å². The van der Waals surface area contributed by atoms with Gasteiger partial charge in [0.2, 0.25) is 0 Å². The quantitative estimate of drug-likeness (QED) is 0.800. The summed E-state index contributed by atoms with van der Waals surface area (Å²) in [4.78, 5) is 5.36. The van der Waals surface area contributed by atoms with Gasteiger partial charge in [-0.15, -0.1) is 0 Å². The monoisotopic (exact) mass is 239 g/mol. The van der Waals surface area contributed by atoms with Gasteiger partial charge >= 0.3 is 0 Å². The van der Waals surface area contributed by atoms with Crippen LogP contribution in [-0.2, 0) is 0 Å². The second-order valence-corrected chi connectivity index (χ2v) is 5.69. The fourth-order valence-corrected chi connectivity index (χ4v) is 3.18. The molecule has 2 saturated heterocycles. The topological polar surface area (TPSA) is 18.5 Å². The van der Waals surface area contributed by atoms with Crippen molar-refractivity contribution in [2.45, 2.75) is 32.6 Å². The molecule has 0 aliphatic carbocycles. The van der Waals surface area contributed by atoms with Crippen molar-refractivity contribution in [3.8, 4) is 0 Å². The number of piperidine rings is 1. The molecule has 0 aromatic heterocycles. The van der Waals surface area contributed by atoms with Gasteiger partial charge in [0.15, 0.2) is 0 Å². The maximum Gasteiger partial charge on any atom is 0.0109 e. The highest BCUT2D eigenvalue weighted by Crippen LogP contribution is 2.14. The average Bonchev–Trinajstić information content (AvgIpc) is 2.57. The fraction of sp³-hybridized carbons (Fsp3) is 1.00. The molecule has 2 rings (SSSR count). The van der Waals surface area contributed by atoms with Crippen molar-refractivity contribution in [3.63, 3.8) is 0 Å². The Hall–Kier alpha value is -0.120. The van der Waals surface area contributed by atoms with Crippen LogP contribution >= 0.6 is 0 Å². The van der Waals surface area contributed by atoms with Crippen LogP contribution in [0.2, 0.25) is 0 Å². The minimum atomic E-state index is 0.953. The Morgan fingerprint density at radius 3 is 2.47 bits per heavy atom. The van der Waals surface area contributed by atoms with Crippen LogP contribution in [0.25, 0.3) is 0 Å². The molecule has 0 atom stereocenters. The summed E-state index contributed by atoms with van der Waals surface area (Å²) in [6, 6.07) is 0. The van der Waals surface area contributed by atoms with Gasteiger partial charge in [-0.2, -0.15) is 0 Å². The number of nitrogens with zero attached hydrogens (tertiary/aromatic N) is 2. The van der Waals surface area contributed by atoms with Crippen LogP contribution < -0.4 is 5.32 Å².